The lowest BCUT2D eigenvalue weighted by Crippen LogP contribution is -2.21. The molecule has 26 heavy (non-hydrogen) atoms. The standard InChI is InChI=1S/C21H25NO4/c1-5-14(2)17-8-6-7-9-19(17)22-21(24)13-26-20-12-16(25-4)10-11-18(20)15(3)23/h6-12,14H,5,13H2,1-4H3,(H,22,24)/t14-/m1/s1. The molecule has 0 radical (unpaired) electrons. The van der Waals surface area contributed by atoms with Gasteiger partial charge in [-0.2, -0.15) is 0 Å². The number of methoxy groups -OCH3 is 1. The largest absolute Gasteiger partial charge is 0.497 e. The first kappa shape index (κ1) is 19.5. The van der Waals surface area contributed by atoms with Crippen molar-refractivity contribution in [1.82, 2.24) is 0 Å². The van der Waals surface area contributed by atoms with Gasteiger partial charge >= 0.3 is 0 Å². The maximum Gasteiger partial charge on any atom is 0.262 e. The molecule has 1 amide bonds. The number of para-hydroxylation sites is 1. The van der Waals surface area contributed by atoms with E-state index in [0.29, 0.717) is 23.0 Å². The average molecular weight is 355 g/mol. The number of amides is 1. The van der Waals surface area contributed by atoms with Crippen molar-refractivity contribution >= 4 is 17.4 Å². The molecule has 1 N–H and O–H groups in total. The summed E-state index contributed by atoms with van der Waals surface area (Å²) in [5.74, 6) is 0.827. The van der Waals surface area contributed by atoms with E-state index >= 15 is 0 Å². The van der Waals surface area contributed by atoms with Crippen LogP contribution in [0.3, 0.4) is 0 Å². The van der Waals surface area contributed by atoms with Crippen LogP contribution in [0.4, 0.5) is 5.69 Å². The van der Waals surface area contributed by atoms with Gasteiger partial charge in [0.05, 0.1) is 12.7 Å². The van der Waals surface area contributed by atoms with Gasteiger partial charge in [-0.3, -0.25) is 9.59 Å². The minimum atomic E-state index is -0.280. The molecule has 0 fully saturated rings. The third kappa shape index (κ3) is 4.85. The summed E-state index contributed by atoms with van der Waals surface area (Å²) in [7, 11) is 1.53. The third-order valence-corrected chi connectivity index (χ3v) is 4.31. The second-order valence-electron chi connectivity index (χ2n) is 6.15. The van der Waals surface area contributed by atoms with Crippen molar-refractivity contribution < 1.29 is 19.1 Å². The first-order valence-electron chi connectivity index (χ1n) is 8.66. The number of benzene rings is 2. The molecule has 0 bridgehead atoms. The van der Waals surface area contributed by atoms with Crippen molar-refractivity contribution in [3.8, 4) is 11.5 Å². The highest BCUT2D eigenvalue weighted by Crippen LogP contribution is 2.27. The molecule has 138 valence electrons. The zero-order chi connectivity index (χ0) is 19.1. The number of anilines is 1. The third-order valence-electron chi connectivity index (χ3n) is 4.31. The Morgan fingerprint density at radius 3 is 2.54 bits per heavy atom. The summed E-state index contributed by atoms with van der Waals surface area (Å²) < 4.78 is 10.7. The van der Waals surface area contributed by atoms with Crippen molar-refractivity contribution in [3.63, 3.8) is 0 Å². The lowest BCUT2D eigenvalue weighted by Gasteiger charge is -2.16. The minimum absolute atomic E-state index is 0.134. The van der Waals surface area contributed by atoms with Crippen LogP contribution in [-0.4, -0.2) is 25.4 Å². The molecule has 0 aliphatic rings. The molecule has 0 saturated carbocycles. The minimum Gasteiger partial charge on any atom is -0.497 e. The fraction of sp³-hybridized carbons (Fsp3) is 0.333. The molecule has 5 nitrogen and oxygen atoms in total. The van der Waals surface area contributed by atoms with Gasteiger partial charge in [-0.25, -0.2) is 0 Å². The van der Waals surface area contributed by atoms with Gasteiger partial charge in [0.15, 0.2) is 12.4 Å². The smallest absolute Gasteiger partial charge is 0.262 e. The van der Waals surface area contributed by atoms with Gasteiger partial charge in [-0.05, 0) is 43.0 Å². The number of carbonyl (C=O) groups is 2. The van der Waals surface area contributed by atoms with Crippen LogP contribution < -0.4 is 14.8 Å². The Morgan fingerprint density at radius 1 is 1.15 bits per heavy atom. The van der Waals surface area contributed by atoms with E-state index in [2.05, 4.69) is 19.2 Å². The molecule has 1 atom stereocenters. The highest BCUT2D eigenvalue weighted by molar-refractivity contribution is 5.97. The predicted octanol–water partition coefficient (Wildman–Crippen LogP) is 4.43. The molecule has 0 spiro atoms. The molecule has 0 aromatic heterocycles. The van der Waals surface area contributed by atoms with E-state index in [1.165, 1.54) is 14.0 Å². The lowest BCUT2D eigenvalue weighted by atomic mass is 9.97. The quantitative estimate of drug-likeness (QED) is 0.712. The molecule has 0 aliphatic carbocycles. The van der Waals surface area contributed by atoms with E-state index < -0.39 is 0 Å². The van der Waals surface area contributed by atoms with Crippen molar-refractivity contribution in [1.29, 1.82) is 0 Å². The molecule has 0 aliphatic heterocycles. The van der Waals surface area contributed by atoms with E-state index in [0.717, 1.165) is 17.7 Å². The Bertz CT molecular complexity index is 785. The zero-order valence-corrected chi connectivity index (χ0v) is 15.7. The number of Topliss-reactive ketones (excluding diaryl/α,β-unsaturated/α-hetero) is 1. The number of carbonyl (C=O) groups excluding carboxylic acids is 2. The second-order valence-corrected chi connectivity index (χ2v) is 6.15. The van der Waals surface area contributed by atoms with Crippen molar-refractivity contribution in [2.45, 2.75) is 33.1 Å². The Balaban J connectivity index is 2.10. The molecule has 2 aromatic carbocycles. The van der Waals surface area contributed by atoms with Crippen LogP contribution in [-0.2, 0) is 4.79 Å². The summed E-state index contributed by atoms with van der Waals surface area (Å²) in [6, 6.07) is 12.7. The summed E-state index contributed by atoms with van der Waals surface area (Å²) >= 11 is 0. The molecule has 0 unspecified atom stereocenters. The molecular formula is C21H25NO4. The van der Waals surface area contributed by atoms with Crippen molar-refractivity contribution in [2.24, 2.45) is 0 Å². The molecule has 5 heteroatoms. The van der Waals surface area contributed by atoms with Gasteiger partial charge in [-0.1, -0.05) is 32.0 Å². The molecule has 0 heterocycles. The normalized spacial score (nSPS) is 11.5. The molecule has 2 rings (SSSR count). The van der Waals surface area contributed by atoms with Crippen LogP contribution in [0.15, 0.2) is 42.5 Å². The van der Waals surface area contributed by atoms with Gasteiger partial charge in [0.25, 0.3) is 5.91 Å². The van der Waals surface area contributed by atoms with Crippen LogP contribution in [0, 0.1) is 0 Å². The fourth-order valence-electron chi connectivity index (χ4n) is 2.63. The van der Waals surface area contributed by atoms with E-state index in [4.69, 9.17) is 9.47 Å². The van der Waals surface area contributed by atoms with Crippen LogP contribution in [0.25, 0.3) is 0 Å². The van der Waals surface area contributed by atoms with Gasteiger partial charge < -0.3 is 14.8 Å². The number of nitrogens with one attached hydrogen (secondary N) is 1. The number of ketones is 1. The Morgan fingerprint density at radius 2 is 1.88 bits per heavy atom. The summed E-state index contributed by atoms with van der Waals surface area (Å²) in [4.78, 5) is 24.1. The molecule has 2 aromatic rings. The number of hydrogen-bond acceptors (Lipinski definition) is 4. The maximum atomic E-state index is 12.3. The SMILES string of the molecule is CC[C@@H](C)c1ccccc1NC(=O)COc1cc(OC)ccc1C(C)=O. The summed E-state index contributed by atoms with van der Waals surface area (Å²) in [5.41, 5.74) is 2.29. The highest BCUT2D eigenvalue weighted by atomic mass is 16.5. The van der Waals surface area contributed by atoms with Crippen LogP contribution in [0.2, 0.25) is 0 Å². The number of ether oxygens (including phenoxy) is 2. The second kappa shape index (κ2) is 9.04. The van der Waals surface area contributed by atoms with Gasteiger partial charge in [0.1, 0.15) is 11.5 Å². The van der Waals surface area contributed by atoms with Crippen LogP contribution in [0.5, 0.6) is 11.5 Å². The average Bonchev–Trinajstić information content (AvgIpc) is 2.65. The van der Waals surface area contributed by atoms with E-state index in [1.807, 2.05) is 24.3 Å². The Hall–Kier alpha value is -2.82. The maximum absolute atomic E-state index is 12.3. The number of rotatable bonds is 8. The lowest BCUT2D eigenvalue weighted by molar-refractivity contribution is -0.118. The van der Waals surface area contributed by atoms with Crippen LogP contribution in [0.1, 0.15) is 49.0 Å². The van der Waals surface area contributed by atoms with Gasteiger partial charge in [0, 0.05) is 11.8 Å². The van der Waals surface area contributed by atoms with Gasteiger partial charge in [0.2, 0.25) is 0 Å². The summed E-state index contributed by atoms with van der Waals surface area (Å²) in [5, 5.41) is 2.89. The fourth-order valence-corrected chi connectivity index (χ4v) is 2.63. The highest BCUT2D eigenvalue weighted by Gasteiger charge is 2.14. The molecular weight excluding hydrogens is 330 g/mol. The monoisotopic (exact) mass is 355 g/mol. The van der Waals surface area contributed by atoms with E-state index in [1.54, 1.807) is 18.2 Å². The van der Waals surface area contributed by atoms with Crippen LogP contribution >= 0.6 is 0 Å². The predicted molar refractivity (Wildman–Crippen MR) is 102 cm³/mol. The first-order chi connectivity index (χ1) is 12.5. The van der Waals surface area contributed by atoms with Gasteiger partial charge in [-0.15, -0.1) is 0 Å². The van der Waals surface area contributed by atoms with E-state index in [9.17, 15) is 9.59 Å². The zero-order valence-electron chi connectivity index (χ0n) is 15.7. The van der Waals surface area contributed by atoms with E-state index in [-0.39, 0.29) is 18.3 Å². The topological polar surface area (TPSA) is 64.6 Å². The Labute approximate surface area is 154 Å². The Kier molecular flexibility index (Phi) is 6.78. The summed E-state index contributed by atoms with van der Waals surface area (Å²) in [6.45, 7) is 5.49. The summed E-state index contributed by atoms with van der Waals surface area (Å²) in [6.07, 6.45) is 0.981. The first-order valence-corrected chi connectivity index (χ1v) is 8.66. The number of hydrogen-bond donors (Lipinski definition) is 1. The van der Waals surface area contributed by atoms with Crippen molar-refractivity contribution in [3.05, 3.63) is 53.6 Å². The van der Waals surface area contributed by atoms with Crippen molar-refractivity contribution in [2.75, 3.05) is 19.0 Å². The molecule has 0 saturated heterocycles.